The van der Waals surface area contributed by atoms with Crippen molar-refractivity contribution in [3.8, 4) is 0 Å². The van der Waals surface area contributed by atoms with E-state index in [0.717, 1.165) is 70.6 Å². The van der Waals surface area contributed by atoms with Gasteiger partial charge in [0.25, 0.3) is 0 Å². The average molecular weight is 886 g/mol. The van der Waals surface area contributed by atoms with Crippen molar-refractivity contribution in [2.45, 2.75) is 309 Å². The van der Waals surface area contributed by atoms with Gasteiger partial charge in [0.2, 0.25) is 5.91 Å². The topological polar surface area (TPSA) is 95.9 Å². The van der Waals surface area contributed by atoms with E-state index < -0.39 is 18.2 Å². The fourth-order valence-electron chi connectivity index (χ4n) is 8.46. The van der Waals surface area contributed by atoms with Gasteiger partial charge in [-0.2, -0.15) is 0 Å². The van der Waals surface area contributed by atoms with Crippen LogP contribution in [-0.4, -0.2) is 46.9 Å². The molecular formula is C57H107NO5. The molecule has 0 radical (unpaired) electrons. The van der Waals surface area contributed by atoms with Gasteiger partial charge in [0.05, 0.1) is 25.2 Å². The van der Waals surface area contributed by atoms with E-state index in [9.17, 15) is 19.8 Å². The number of carbonyl (C=O) groups excluding carboxylic acids is 2. The van der Waals surface area contributed by atoms with Crippen LogP contribution in [0.1, 0.15) is 290 Å². The van der Waals surface area contributed by atoms with Crippen LogP contribution in [0.25, 0.3) is 0 Å². The first kappa shape index (κ1) is 61.1. The van der Waals surface area contributed by atoms with Crippen molar-refractivity contribution in [2.24, 2.45) is 0 Å². The van der Waals surface area contributed by atoms with E-state index in [2.05, 4.69) is 62.5 Å². The number of unbranched alkanes of at least 4 members (excludes halogenated alkanes) is 32. The minimum absolute atomic E-state index is 0.0675. The summed E-state index contributed by atoms with van der Waals surface area (Å²) < 4.78 is 5.93. The van der Waals surface area contributed by atoms with E-state index in [-0.39, 0.29) is 24.9 Å². The third-order valence-corrected chi connectivity index (χ3v) is 12.7. The molecule has 0 saturated carbocycles. The maximum atomic E-state index is 13.2. The van der Waals surface area contributed by atoms with Gasteiger partial charge in [-0.25, -0.2) is 0 Å². The summed E-state index contributed by atoms with van der Waals surface area (Å²) in [4.78, 5) is 26.2. The highest BCUT2D eigenvalue weighted by atomic mass is 16.5. The highest BCUT2D eigenvalue weighted by Gasteiger charge is 2.24. The van der Waals surface area contributed by atoms with Gasteiger partial charge in [0, 0.05) is 6.42 Å². The van der Waals surface area contributed by atoms with Crippen molar-refractivity contribution in [2.75, 3.05) is 6.61 Å². The van der Waals surface area contributed by atoms with E-state index in [1.165, 1.54) is 173 Å². The molecule has 3 N–H and O–H groups in total. The second kappa shape index (κ2) is 51.1. The fraction of sp³-hybridized carbons (Fsp3) is 0.860. The van der Waals surface area contributed by atoms with Crippen molar-refractivity contribution >= 4 is 11.9 Å². The number of carbonyl (C=O) groups is 2. The highest BCUT2D eigenvalue weighted by molar-refractivity contribution is 5.77. The number of allylic oxidation sites excluding steroid dienone is 6. The SMILES string of the molecule is CCCCC/C=C\C/C=C\CCCCCCCCCCCC(=O)OC(CCCCC/C=C\CCCCC)CC(=O)NC(CO)C(O)CCCCCCCCCCCCCCCCC. The lowest BCUT2D eigenvalue weighted by Crippen LogP contribution is -2.46. The molecule has 6 heteroatoms. The third kappa shape index (κ3) is 46.4. The zero-order chi connectivity index (χ0) is 45.9. The normalized spacial score (nSPS) is 13.4. The number of aliphatic hydroxyl groups is 2. The molecule has 0 aromatic heterocycles. The summed E-state index contributed by atoms with van der Waals surface area (Å²) in [5, 5.41) is 23.8. The summed E-state index contributed by atoms with van der Waals surface area (Å²) in [6, 6.07) is -0.704. The van der Waals surface area contributed by atoms with Crippen LogP contribution in [0.4, 0.5) is 0 Å². The van der Waals surface area contributed by atoms with Crippen LogP contribution in [0.5, 0.6) is 0 Å². The number of rotatable bonds is 50. The highest BCUT2D eigenvalue weighted by Crippen LogP contribution is 2.18. The minimum Gasteiger partial charge on any atom is -0.462 e. The van der Waals surface area contributed by atoms with Crippen LogP contribution in [0.15, 0.2) is 36.5 Å². The average Bonchev–Trinajstić information content (AvgIpc) is 3.28. The lowest BCUT2D eigenvalue weighted by Gasteiger charge is -2.24. The number of aliphatic hydroxyl groups excluding tert-OH is 2. The van der Waals surface area contributed by atoms with Gasteiger partial charge in [-0.15, -0.1) is 0 Å². The molecule has 0 bridgehead atoms. The van der Waals surface area contributed by atoms with Gasteiger partial charge < -0.3 is 20.3 Å². The van der Waals surface area contributed by atoms with Crippen molar-refractivity contribution in [1.29, 1.82) is 0 Å². The monoisotopic (exact) mass is 886 g/mol. The third-order valence-electron chi connectivity index (χ3n) is 12.7. The molecule has 0 fully saturated rings. The van der Waals surface area contributed by atoms with E-state index in [4.69, 9.17) is 4.74 Å². The molecule has 0 spiro atoms. The smallest absolute Gasteiger partial charge is 0.306 e. The molecule has 370 valence electrons. The second-order valence-corrected chi connectivity index (χ2v) is 19.0. The maximum Gasteiger partial charge on any atom is 0.306 e. The Morgan fingerprint density at radius 2 is 0.810 bits per heavy atom. The Hall–Kier alpha value is -1.92. The molecule has 0 saturated heterocycles. The molecule has 63 heavy (non-hydrogen) atoms. The molecular weight excluding hydrogens is 779 g/mol. The number of esters is 1. The number of ether oxygens (including phenoxy) is 1. The molecule has 3 atom stereocenters. The quantitative estimate of drug-likeness (QED) is 0.0321. The standard InChI is InChI=1S/C57H107NO5/c1-4-7-10-13-16-19-22-24-26-27-28-29-31-33-35-38-41-44-47-50-57(62)63-53(48-45-42-39-36-21-18-15-12-9-6-3)51-56(61)58-54(52-59)55(60)49-46-43-40-37-34-32-30-25-23-20-17-14-11-8-5-2/h16,18-19,21,24,26,53-55,59-60H,4-15,17,20,22-23,25,27-52H2,1-3H3,(H,58,61)/b19-16-,21-18-,26-24-. The molecule has 0 aliphatic heterocycles. The van der Waals surface area contributed by atoms with Gasteiger partial charge in [0.1, 0.15) is 6.10 Å². The fourth-order valence-corrected chi connectivity index (χ4v) is 8.46. The summed E-state index contributed by atoms with van der Waals surface area (Å²) in [5.41, 5.74) is 0. The minimum atomic E-state index is -0.790. The van der Waals surface area contributed by atoms with Crippen LogP contribution in [-0.2, 0) is 14.3 Å². The molecule has 3 unspecified atom stereocenters. The van der Waals surface area contributed by atoms with Crippen LogP contribution in [0, 0.1) is 0 Å². The number of amides is 1. The molecule has 0 rings (SSSR count). The van der Waals surface area contributed by atoms with Crippen LogP contribution in [0.2, 0.25) is 0 Å². The van der Waals surface area contributed by atoms with Crippen LogP contribution < -0.4 is 5.32 Å². The van der Waals surface area contributed by atoms with Gasteiger partial charge in [0.15, 0.2) is 0 Å². The summed E-state index contributed by atoms with van der Waals surface area (Å²) >= 11 is 0. The van der Waals surface area contributed by atoms with Crippen molar-refractivity contribution < 1.29 is 24.5 Å². The van der Waals surface area contributed by atoms with E-state index in [1.807, 2.05) is 0 Å². The van der Waals surface area contributed by atoms with Gasteiger partial charge in [-0.3, -0.25) is 9.59 Å². The Morgan fingerprint density at radius 3 is 1.27 bits per heavy atom. The van der Waals surface area contributed by atoms with E-state index in [0.29, 0.717) is 19.3 Å². The zero-order valence-corrected chi connectivity index (χ0v) is 42.2. The molecule has 6 nitrogen and oxygen atoms in total. The summed E-state index contributed by atoms with van der Waals surface area (Å²) in [6.45, 7) is 6.45. The largest absolute Gasteiger partial charge is 0.462 e. The molecule has 0 aromatic carbocycles. The first-order valence-electron chi connectivity index (χ1n) is 27.7. The Labute approximate surface area is 392 Å². The molecule has 0 heterocycles. The Morgan fingerprint density at radius 1 is 0.460 bits per heavy atom. The van der Waals surface area contributed by atoms with Crippen molar-refractivity contribution in [3.05, 3.63) is 36.5 Å². The van der Waals surface area contributed by atoms with Crippen molar-refractivity contribution in [1.82, 2.24) is 5.32 Å². The van der Waals surface area contributed by atoms with Gasteiger partial charge in [-0.1, -0.05) is 231 Å². The zero-order valence-electron chi connectivity index (χ0n) is 42.2. The molecule has 0 aliphatic carbocycles. The first-order chi connectivity index (χ1) is 31.0. The maximum absolute atomic E-state index is 13.2. The van der Waals surface area contributed by atoms with Gasteiger partial charge in [-0.05, 0) is 83.5 Å². The van der Waals surface area contributed by atoms with E-state index in [1.54, 1.807) is 0 Å². The Bertz CT molecular complexity index is 1040. The number of hydrogen-bond acceptors (Lipinski definition) is 5. The predicted molar refractivity (Wildman–Crippen MR) is 273 cm³/mol. The lowest BCUT2D eigenvalue weighted by molar-refractivity contribution is -0.151. The van der Waals surface area contributed by atoms with Crippen LogP contribution >= 0.6 is 0 Å². The molecule has 0 aliphatic rings. The van der Waals surface area contributed by atoms with Crippen molar-refractivity contribution in [3.63, 3.8) is 0 Å². The summed E-state index contributed by atoms with van der Waals surface area (Å²) in [7, 11) is 0. The number of nitrogens with one attached hydrogen (secondary N) is 1. The lowest BCUT2D eigenvalue weighted by atomic mass is 10.0. The summed E-state index contributed by atoms with van der Waals surface area (Å²) in [6.07, 6.45) is 60.7. The molecule has 0 aromatic rings. The Balaban J connectivity index is 4.43. The second-order valence-electron chi connectivity index (χ2n) is 19.0. The van der Waals surface area contributed by atoms with E-state index >= 15 is 0 Å². The Kier molecular flexibility index (Phi) is 49.5. The van der Waals surface area contributed by atoms with Gasteiger partial charge >= 0.3 is 5.97 Å². The molecule has 1 amide bonds. The summed E-state index contributed by atoms with van der Waals surface area (Å²) in [5.74, 6) is -0.485. The number of hydrogen-bond donors (Lipinski definition) is 3. The first-order valence-corrected chi connectivity index (χ1v) is 27.7. The predicted octanol–water partition coefficient (Wildman–Crippen LogP) is 16.8. The van der Waals surface area contributed by atoms with Crippen LogP contribution in [0.3, 0.4) is 0 Å².